The van der Waals surface area contributed by atoms with Crippen LogP contribution in [0.25, 0.3) is 0 Å². The number of hydrogen-bond acceptors (Lipinski definition) is 6. The molecular weight excluding hydrogens is 322 g/mol. The minimum absolute atomic E-state index is 0.155. The van der Waals surface area contributed by atoms with Crippen LogP contribution in [0, 0.1) is 11.8 Å². The van der Waals surface area contributed by atoms with Crippen LogP contribution in [0.15, 0.2) is 6.20 Å². The lowest BCUT2D eigenvalue weighted by molar-refractivity contribution is -0.148. The minimum atomic E-state index is 0.155. The molecule has 0 aliphatic carbocycles. The molecule has 4 aliphatic rings. The fourth-order valence-corrected chi connectivity index (χ4v) is 4.48. The first-order valence-electron chi connectivity index (χ1n) is 9.23. The summed E-state index contributed by atoms with van der Waals surface area (Å²) in [6.45, 7) is 6.13. The average Bonchev–Trinajstić information content (AvgIpc) is 3.10. The Morgan fingerprint density at radius 2 is 2.20 bits per heavy atom. The van der Waals surface area contributed by atoms with Gasteiger partial charge in [-0.3, -0.25) is 14.4 Å². The molecule has 0 N–H and O–H groups in total. The van der Waals surface area contributed by atoms with Gasteiger partial charge in [0.25, 0.3) is 0 Å². The number of aromatic nitrogens is 3. The molecule has 4 fully saturated rings. The highest BCUT2D eigenvalue weighted by atomic mass is 16.5. The van der Waals surface area contributed by atoms with Gasteiger partial charge in [-0.15, -0.1) is 5.10 Å². The van der Waals surface area contributed by atoms with Crippen LogP contribution in [-0.4, -0.2) is 83.2 Å². The predicted octanol–water partition coefficient (Wildman–Crippen LogP) is -0.00630. The van der Waals surface area contributed by atoms with Crippen molar-refractivity contribution in [2.45, 2.75) is 32.0 Å². The third kappa shape index (κ3) is 3.56. The Balaban J connectivity index is 1.37. The molecule has 0 spiro atoms. The lowest BCUT2D eigenvalue weighted by Crippen LogP contribution is -2.59. The van der Waals surface area contributed by atoms with E-state index in [9.17, 15) is 4.79 Å². The monoisotopic (exact) mass is 349 g/mol. The number of piperidine rings is 3. The Labute approximate surface area is 148 Å². The third-order valence-electron chi connectivity index (χ3n) is 5.79. The molecule has 1 aromatic heterocycles. The zero-order chi connectivity index (χ0) is 17.2. The number of rotatable bonds is 5. The maximum atomic E-state index is 12.9. The second-order valence-electron chi connectivity index (χ2n) is 7.34. The SMILES string of the molecule is COCc1cn(C[C@H]2C[C@H]3CCN2C[C@@H]3C(=O)N2CCOCC2)nn1. The van der Waals surface area contributed by atoms with Crippen LogP contribution in [-0.2, 0) is 27.4 Å². The van der Waals surface area contributed by atoms with Crippen molar-refractivity contribution in [3.63, 3.8) is 0 Å². The summed E-state index contributed by atoms with van der Waals surface area (Å²) in [7, 11) is 1.66. The van der Waals surface area contributed by atoms with Gasteiger partial charge in [0.2, 0.25) is 5.91 Å². The molecule has 4 saturated heterocycles. The van der Waals surface area contributed by atoms with Crippen LogP contribution in [0.3, 0.4) is 0 Å². The van der Waals surface area contributed by atoms with E-state index in [2.05, 4.69) is 15.2 Å². The van der Waals surface area contributed by atoms with E-state index in [1.54, 1.807) is 7.11 Å². The topological polar surface area (TPSA) is 72.7 Å². The van der Waals surface area contributed by atoms with Gasteiger partial charge in [0.15, 0.2) is 0 Å². The maximum absolute atomic E-state index is 12.9. The van der Waals surface area contributed by atoms with Gasteiger partial charge in [0.05, 0.1) is 38.5 Å². The van der Waals surface area contributed by atoms with E-state index in [1.165, 1.54) is 0 Å². The lowest BCUT2D eigenvalue weighted by Gasteiger charge is -2.50. The van der Waals surface area contributed by atoms with E-state index in [-0.39, 0.29) is 5.92 Å². The number of ether oxygens (including phenoxy) is 2. The van der Waals surface area contributed by atoms with E-state index >= 15 is 0 Å². The number of amides is 1. The minimum Gasteiger partial charge on any atom is -0.378 e. The van der Waals surface area contributed by atoms with Crippen LogP contribution in [0.5, 0.6) is 0 Å². The van der Waals surface area contributed by atoms with Gasteiger partial charge >= 0.3 is 0 Å². The fraction of sp³-hybridized carbons (Fsp3) is 0.824. The molecule has 8 nitrogen and oxygen atoms in total. The first-order chi connectivity index (χ1) is 12.2. The van der Waals surface area contributed by atoms with E-state index in [1.807, 2.05) is 15.8 Å². The van der Waals surface area contributed by atoms with Crippen molar-refractivity contribution in [3.8, 4) is 0 Å². The molecule has 0 aromatic carbocycles. The number of hydrogen-bond donors (Lipinski definition) is 0. The predicted molar refractivity (Wildman–Crippen MR) is 89.7 cm³/mol. The van der Waals surface area contributed by atoms with Crippen LogP contribution in [0.4, 0.5) is 0 Å². The van der Waals surface area contributed by atoms with Crippen molar-refractivity contribution in [3.05, 3.63) is 11.9 Å². The Morgan fingerprint density at radius 1 is 1.36 bits per heavy atom. The molecule has 1 amide bonds. The standard InChI is InChI=1S/C17H27N5O3/c1-24-12-14-9-22(19-18-14)10-15-8-13-2-3-21(15)11-16(13)17(23)20-4-6-25-7-5-20/h9,13,15-16H,2-8,10-12H2,1H3/t13-,15-,16+/m1/s1. The number of methoxy groups -OCH3 is 1. The Bertz CT molecular complexity index is 601. The van der Waals surface area contributed by atoms with Gasteiger partial charge in [0.1, 0.15) is 5.69 Å². The molecular formula is C17H27N5O3. The lowest BCUT2D eigenvalue weighted by atomic mass is 9.75. The summed E-state index contributed by atoms with van der Waals surface area (Å²) in [6, 6.07) is 0.449. The Morgan fingerprint density at radius 3 is 2.92 bits per heavy atom. The molecule has 4 aliphatic heterocycles. The van der Waals surface area contributed by atoms with E-state index in [0.717, 1.165) is 51.3 Å². The van der Waals surface area contributed by atoms with Crippen molar-refractivity contribution in [1.82, 2.24) is 24.8 Å². The molecule has 0 saturated carbocycles. The highest BCUT2D eigenvalue weighted by Crippen LogP contribution is 2.37. The van der Waals surface area contributed by atoms with E-state index in [0.29, 0.717) is 37.7 Å². The van der Waals surface area contributed by atoms with E-state index < -0.39 is 0 Å². The van der Waals surface area contributed by atoms with Crippen LogP contribution < -0.4 is 0 Å². The second kappa shape index (κ2) is 7.39. The van der Waals surface area contributed by atoms with Crippen molar-refractivity contribution >= 4 is 5.91 Å². The summed E-state index contributed by atoms with van der Waals surface area (Å²) in [5.41, 5.74) is 0.860. The molecule has 5 rings (SSSR count). The van der Waals surface area contributed by atoms with Gasteiger partial charge in [-0.25, -0.2) is 0 Å². The Kier molecular flexibility index (Phi) is 5.00. The average molecular weight is 349 g/mol. The smallest absolute Gasteiger partial charge is 0.227 e. The zero-order valence-corrected chi connectivity index (χ0v) is 14.8. The highest BCUT2D eigenvalue weighted by Gasteiger charge is 2.44. The molecule has 1 unspecified atom stereocenters. The summed E-state index contributed by atoms with van der Waals surface area (Å²) in [5.74, 6) is 0.981. The first-order valence-corrected chi connectivity index (χ1v) is 9.23. The number of carbonyl (C=O) groups excluding carboxylic acids is 1. The van der Waals surface area contributed by atoms with Gasteiger partial charge in [-0.1, -0.05) is 5.21 Å². The second-order valence-corrected chi connectivity index (χ2v) is 7.34. The van der Waals surface area contributed by atoms with Gasteiger partial charge in [-0.05, 0) is 25.3 Å². The van der Waals surface area contributed by atoms with Gasteiger partial charge in [0, 0.05) is 32.8 Å². The number of morpholine rings is 1. The molecule has 4 atom stereocenters. The maximum Gasteiger partial charge on any atom is 0.227 e. The summed E-state index contributed by atoms with van der Waals surface area (Å²) in [6.07, 6.45) is 4.16. The molecule has 138 valence electrons. The molecule has 0 radical (unpaired) electrons. The number of nitrogens with zero attached hydrogens (tertiary/aromatic N) is 5. The molecule has 5 heterocycles. The van der Waals surface area contributed by atoms with Crippen LogP contribution >= 0.6 is 0 Å². The first kappa shape index (κ1) is 16.9. The van der Waals surface area contributed by atoms with Crippen LogP contribution in [0.1, 0.15) is 18.5 Å². The highest BCUT2D eigenvalue weighted by molar-refractivity contribution is 5.79. The fourth-order valence-electron chi connectivity index (χ4n) is 4.48. The molecule has 8 heteroatoms. The van der Waals surface area contributed by atoms with Crippen LogP contribution in [0.2, 0.25) is 0 Å². The molecule has 2 bridgehead atoms. The van der Waals surface area contributed by atoms with E-state index in [4.69, 9.17) is 9.47 Å². The quantitative estimate of drug-likeness (QED) is 0.745. The van der Waals surface area contributed by atoms with Gasteiger partial charge in [-0.2, -0.15) is 0 Å². The van der Waals surface area contributed by atoms with Crippen molar-refractivity contribution in [1.29, 1.82) is 0 Å². The summed E-state index contributed by atoms with van der Waals surface area (Å²) < 4.78 is 12.4. The van der Waals surface area contributed by atoms with Crippen molar-refractivity contribution in [2.75, 3.05) is 46.5 Å². The van der Waals surface area contributed by atoms with Gasteiger partial charge < -0.3 is 14.4 Å². The normalized spacial score (nSPS) is 32.1. The van der Waals surface area contributed by atoms with Crippen molar-refractivity contribution < 1.29 is 14.3 Å². The Hall–Kier alpha value is -1.51. The van der Waals surface area contributed by atoms with Crippen molar-refractivity contribution in [2.24, 2.45) is 11.8 Å². The third-order valence-corrected chi connectivity index (χ3v) is 5.79. The summed E-state index contributed by atoms with van der Waals surface area (Å²) in [5, 5.41) is 8.35. The summed E-state index contributed by atoms with van der Waals surface area (Å²) >= 11 is 0. The zero-order valence-electron chi connectivity index (χ0n) is 14.8. The molecule has 1 aromatic rings. The molecule has 25 heavy (non-hydrogen) atoms. The largest absolute Gasteiger partial charge is 0.378 e. The number of carbonyl (C=O) groups is 1. The summed E-state index contributed by atoms with van der Waals surface area (Å²) in [4.78, 5) is 17.4. The number of fused-ring (bicyclic) bond motifs is 3.